The van der Waals surface area contributed by atoms with Crippen LogP contribution >= 0.6 is 15.9 Å². The number of nitrogens with one attached hydrogen (secondary N) is 1. The smallest absolute Gasteiger partial charge is 0.413 e. The fraction of sp³-hybridized carbons (Fsp3) is 0.300. The molecule has 0 amide bonds. The first kappa shape index (κ1) is 20.8. The van der Waals surface area contributed by atoms with E-state index in [4.69, 9.17) is 4.74 Å². The van der Waals surface area contributed by atoms with Crippen LogP contribution in [0.25, 0.3) is 10.8 Å². The summed E-state index contributed by atoms with van der Waals surface area (Å²) in [6.45, 7) is 4.75. The van der Waals surface area contributed by atoms with E-state index in [1.54, 1.807) is 6.92 Å². The van der Waals surface area contributed by atoms with Crippen LogP contribution in [0.5, 0.6) is 5.75 Å². The Kier molecular flexibility index (Phi) is 6.48. The van der Waals surface area contributed by atoms with E-state index in [9.17, 15) is 14.9 Å². The second kappa shape index (κ2) is 9.04. The zero-order valence-corrected chi connectivity index (χ0v) is 17.7. The van der Waals surface area contributed by atoms with Crippen LogP contribution in [0.15, 0.2) is 45.7 Å². The summed E-state index contributed by atoms with van der Waals surface area (Å²) in [5.41, 5.74) is 0.484. The van der Waals surface area contributed by atoms with Crippen molar-refractivity contribution in [1.82, 2.24) is 9.78 Å². The Morgan fingerprint density at radius 3 is 2.69 bits per heavy atom. The van der Waals surface area contributed by atoms with E-state index in [2.05, 4.69) is 26.3 Å². The summed E-state index contributed by atoms with van der Waals surface area (Å²) in [5.74, 6) is 0.293. The molecule has 0 spiro atoms. The first-order valence-corrected chi connectivity index (χ1v) is 10.1. The predicted octanol–water partition coefficient (Wildman–Crippen LogP) is 4.49. The van der Waals surface area contributed by atoms with Gasteiger partial charge in [-0.15, -0.1) is 4.68 Å². The monoisotopic (exact) mass is 460 g/mol. The first-order valence-electron chi connectivity index (χ1n) is 9.30. The molecule has 0 saturated carbocycles. The molecule has 0 unspecified atom stereocenters. The molecule has 8 nitrogen and oxygen atoms in total. The number of hydrogen-bond acceptors (Lipinski definition) is 6. The highest BCUT2D eigenvalue weighted by Gasteiger charge is 2.25. The van der Waals surface area contributed by atoms with Gasteiger partial charge < -0.3 is 20.2 Å². The van der Waals surface area contributed by atoms with Crippen LogP contribution in [0, 0.1) is 10.1 Å². The first-order chi connectivity index (χ1) is 14.0. The van der Waals surface area contributed by atoms with Crippen LogP contribution in [-0.4, -0.2) is 21.3 Å². The maximum atomic E-state index is 12.4. The normalized spacial score (nSPS) is 10.9. The molecule has 3 aromatic rings. The molecule has 9 heteroatoms. The third kappa shape index (κ3) is 4.24. The summed E-state index contributed by atoms with van der Waals surface area (Å²) < 4.78 is 7.02. The van der Waals surface area contributed by atoms with Gasteiger partial charge in [-0.05, 0) is 51.0 Å². The van der Waals surface area contributed by atoms with Crippen LogP contribution in [0.4, 0.5) is 11.5 Å². The summed E-state index contributed by atoms with van der Waals surface area (Å²) in [6.07, 6.45) is 0.857. The standard InChI is InChI=1S/C20H21BrN4O4/c1-3-11-29-16-10-9-13-7-5-6-8-14(13)15(16)12-22-18-17(21)20(26)24(4-2)23-19(18)25(27)28/h5-10,22H,3-4,11-12H2,1-2H3. The van der Waals surface area contributed by atoms with Gasteiger partial charge in [-0.3, -0.25) is 4.79 Å². The summed E-state index contributed by atoms with van der Waals surface area (Å²) in [5, 5.41) is 20.4. The number of nitrogens with zero attached hydrogens (tertiary/aromatic N) is 3. The average molecular weight is 461 g/mol. The van der Waals surface area contributed by atoms with Gasteiger partial charge in [0.1, 0.15) is 10.2 Å². The lowest BCUT2D eigenvalue weighted by Gasteiger charge is -2.16. The summed E-state index contributed by atoms with van der Waals surface area (Å²) in [7, 11) is 0. The number of aryl methyl sites for hydroxylation is 1. The molecule has 0 aliphatic heterocycles. The molecular formula is C20H21BrN4O4. The van der Waals surface area contributed by atoms with Crippen LogP contribution in [0.2, 0.25) is 0 Å². The highest BCUT2D eigenvalue weighted by Crippen LogP contribution is 2.32. The van der Waals surface area contributed by atoms with Gasteiger partial charge in [0.05, 0.1) is 18.3 Å². The Bertz CT molecular complexity index is 1110. The predicted molar refractivity (Wildman–Crippen MR) is 116 cm³/mol. The summed E-state index contributed by atoms with van der Waals surface area (Å²) in [4.78, 5) is 23.3. The topological polar surface area (TPSA) is 99.3 Å². The zero-order valence-electron chi connectivity index (χ0n) is 16.1. The molecule has 0 atom stereocenters. The molecule has 0 radical (unpaired) electrons. The molecular weight excluding hydrogens is 440 g/mol. The van der Waals surface area contributed by atoms with Crippen molar-refractivity contribution in [3.05, 3.63) is 66.9 Å². The Morgan fingerprint density at radius 2 is 2.00 bits per heavy atom. The van der Waals surface area contributed by atoms with Crippen molar-refractivity contribution in [3.8, 4) is 5.75 Å². The minimum atomic E-state index is -0.601. The minimum Gasteiger partial charge on any atom is -0.493 e. The van der Waals surface area contributed by atoms with Crippen molar-refractivity contribution in [2.24, 2.45) is 0 Å². The highest BCUT2D eigenvalue weighted by atomic mass is 79.9. The van der Waals surface area contributed by atoms with Crippen LogP contribution in [0.3, 0.4) is 0 Å². The Labute approximate surface area is 175 Å². The number of rotatable bonds is 8. The molecule has 1 N–H and O–H groups in total. The molecule has 1 aromatic heterocycles. The van der Waals surface area contributed by atoms with E-state index in [0.29, 0.717) is 12.4 Å². The number of aromatic nitrogens is 2. The zero-order chi connectivity index (χ0) is 21.0. The SMILES string of the molecule is CCCOc1ccc2ccccc2c1CNc1c([N+](=O)[O-])nn(CC)c(=O)c1Br. The van der Waals surface area contributed by atoms with Crippen LogP contribution in [0.1, 0.15) is 25.8 Å². The van der Waals surface area contributed by atoms with E-state index in [0.717, 1.165) is 27.4 Å². The number of ether oxygens (including phenoxy) is 1. The van der Waals surface area contributed by atoms with Crippen molar-refractivity contribution in [3.63, 3.8) is 0 Å². The van der Waals surface area contributed by atoms with Gasteiger partial charge in [0.15, 0.2) is 5.69 Å². The number of anilines is 1. The fourth-order valence-corrected chi connectivity index (χ4v) is 3.57. The Morgan fingerprint density at radius 1 is 1.24 bits per heavy atom. The van der Waals surface area contributed by atoms with Crippen LogP contribution < -0.4 is 15.6 Å². The third-order valence-electron chi connectivity index (χ3n) is 4.45. The molecule has 29 heavy (non-hydrogen) atoms. The highest BCUT2D eigenvalue weighted by molar-refractivity contribution is 9.10. The molecule has 2 aromatic carbocycles. The second-order valence-corrected chi connectivity index (χ2v) is 7.15. The van der Waals surface area contributed by atoms with Gasteiger partial charge in [0.25, 0.3) is 0 Å². The summed E-state index contributed by atoms with van der Waals surface area (Å²) >= 11 is 3.20. The lowest BCUT2D eigenvalue weighted by Crippen LogP contribution is -2.25. The maximum Gasteiger partial charge on any atom is 0.413 e. The number of benzene rings is 2. The van der Waals surface area contributed by atoms with E-state index >= 15 is 0 Å². The fourth-order valence-electron chi connectivity index (χ4n) is 3.05. The van der Waals surface area contributed by atoms with Crippen LogP contribution in [-0.2, 0) is 13.1 Å². The van der Waals surface area contributed by atoms with Gasteiger partial charge >= 0.3 is 11.4 Å². The lowest BCUT2D eigenvalue weighted by molar-refractivity contribution is -0.389. The second-order valence-electron chi connectivity index (χ2n) is 6.36. The van der Waals surface area contributed by atoms with Gasteiger partial charge in [-0.2, -0.15) is 0 Å². The van der Waals surface area contributed by atoms with E-state index in [-0.39, 0.29) is 23.2 Å². The largest absolute Gasteiger partial charge is 0.493 e. The maximum absolute atomic E-state index is 12.4. The van der Waals surface area contributed by atoms with Crippen molar-refractivity contribution in [1.29, 1.82) is 0 Å². The molecule has 0 saturated heterocycles. The van der Waals surface area contributed by atoms with Crippen molar-refractivity contribution in [2.45, 2.75) is 33.4 Å². The quantitative estimate of drug-likeness (QED) is 0.392. The number of fused-ring (bicyclic) bond motifs is 1. The summed E-state index contributed by atoms with van der Waals surface area (Å²) in [6, 6.07) is 11.7. The van der Waals surface area contributed by atoms with Gasteiger partial charge in [-0.25, -0.2) is 0 Å². The van der Waals surface area contributed by atoms with Crippen molar-refractivity contribution >= 4 is 38.2 Å². The van der Waals surface area contributed by atoms with E-state index in [1.165, 1.54) is 0 Å². The van der Waals surface area contributed by atoms with Gasteiger partial charge in [0, 0.05) is 12.1 Å². The molecule has 3 rings (SSSR count). The molecule has 0 bridgehead atoms. The third-order valence-corrected chi connectivity index (χ3v) is 5.19. The lowest BCUT2D eigenvalue weighted by atomic mass is 10.0. The van der Waals surface area contributed by atoms with Crippen molar-refractivity contribution in [2.75, 3.05) is 11.9 Å². The van der Waals surface area contributed by atoms with E-state index in [1.807, 2.05) is 43.3 Å². The Balaban J connectivity index is 2.06. The average Bonchev–Trinajstić information content (AvgIpc) is 2.73. The number of halogens is 1. The number of nitro groups is 1. The molecule has 1 heterocycles. The van der Waals surface area contributed by atoms with Gasteiger partial charge in [-0.1, -0.05) is 37.3 Å². The van der Waals surface area contributed by atoms with Gasteiger partial charge in [0.2, 0.25) is 0 Å². The molecule has 0 fully saturated rings. The van der Waals surface area contributed by atoms with E-state index < -0.39 is 16.3 Å². The molecule has 152 valence electrons. The van der Waals surface area contributed by atoms with Crippen molar-refractivity contribution < 1.29 is 9.66 Å². The molecule has 0 aliphatic rings. The minimum absolute atomic E-state index is 0.0547. The molecule has 0 aliphatic carbocycles. The Hall–Kier alpha value is -2.94. The number of hydrogen-bond donors (Lipinski definition) is 1.